The zero-order valence-corrected chi connectivity index (χ0v) is 18.1. The molecule has 1 spiro atoms. The van der Waals surface area contributed by atoms with E-state index in [1.54, 1.807) is 50.8 Å². The maximum absolute atomic E-state index is 12.5. The Morgan fingerprint density at radius 2 is 1.90 bits per heavy atom. The highest BCUT2D eigenvalue weighted by atomic mass is 32.2. The van der Waals surface area contributed by atoms with Crippen molar-refractivity contribution in [3.63, 3.8) is 0 Å². The van der Waals surface area contributed by atoms with Crippen molar-refractivity contribution in [3.05, 3.63) is 54.5 Å². The fourth-order valence-corrected chi connectivity index (χ4v) is 4.98. The van der Waals surface area contributed by atoms with E-state index in [9.17, 15) is 8.42 Å². The van der Waals surface area contributed by atoms with Gasteiger partial charge in [0.05, 0.1) is 42.1 Å². The van der Waals surface area contributed by atoms with Crippen molar-refractivity contribution in [2.45, 2.75) is 17.2 Å². The fraction of sp³-hybridized carbons (Fsp3) is 0.318. The van der Waals surface area contributed by atoms with E-state index < -0.39 is 9.84 Å². The van der Waals surface area contributed by atoms with Crippen LogP contribution in [0.2, 0.25) is 0 Å². The van der Waals surface area contributed by atoms with Crippen LogP contribution in [0, 0.1) is 0 Å². The van der Waals surface area contributed by atoms with Crippen LogP contribution in [0.1, 0.15) is 12.5 Å². The molecule has 31 heavy (non-hydrogen) atoms. The highest BCUT2D eigenvalue weighted by Gasteiger charge is 2.49. The smallest absolute Gasteiger partial charge is 0.229 e. The average molecular weight is 439 g/mol. The third-order valence-electron chi connectivity index (χ3n) is 5.93. The molecule has 0 N–H and O–H groups in total. The van der Waals surface area contributed by atoms with Gasteiger partial charge in [0, 0.05) is 42.5 Å². The van der Waals surface area contributed by atoms with E-state index in [1.165, 1.54) is 0 Å². The Hall–Kier alpha value is -3.04. The van der Waals surface area contributed by atoms with Crippen LogP contribution in [0.25, 0.3) is 11.3 Å². The topological polar surface area (TPSA) is 94.5 Å². The monoisotopic (exact) mass is 438 g/mol. The number of hydrogen-bond acceptors (Lipinski definition) is 8. The molecule has 2 aromatic heterocycles. The molecular formula is C22H22N4O4S. The van der Waals surface area contributed by atoms with E-state index in [4.69, 9.17) is 9.47 Å². The van der Waals surface area contributed by atoms with Gasteiger partial charge in [-0.1, -0.05) is 13.0 Å². The molecule has 0 unspecified atom stereocenters. The summed E-state index contributed by atoms with van der Waals surface area (Å²) in [6.45, 7) is 3.50. The van der Waals surface area contributed by atoms with Crippen LogP contribution in [0.15, 0.2) is 53.8 Å². The molecule has 3 aromatic rings. The van der Waals surface area contributed by atoms with Crippen molar-refractivity contribution in [2.75, 3.05) is 37.5 Å². The van der Waals surface area contributed by atoms with Crippen molar-refractivity contribution >= 4 is 21.5 Å². The maximum atomic E-state index is 12.5. The van der Waals surface area contributed by atoms with Gasteiger partial charge in [-0.15, -0.1) is 0 Å². The van der Waals surface area contributed by atoms with E-state index in [2.05, 4.69) is 15.0 Å². The lowest BCUT2D eigenvalue weighted by Crippen LogP contribution is -2.49. The Morgan fingerprint density at radius 3 is 2.55 bits per heavy atom. The lowest BCUT2D eigenvalue weighted by atomic mass is 9.81. The molecule has 0 bridgehead atoms. The third-order valence-corrected chi connectivity index (χ3v) is 7.66. The van der Waals surface area contributed by atoms with Crippen LogP contribution >= 0.6 is 0 Å². The Kier molecular flexibility index (Phi) is 4.67. The average Bonchev–Trinajstić information content (AvgIpc) is 3.14. The quantitative estimate of drug-likeness (QED) is 0.600. The van der Waals surface area contributed by atoms with Crippen LogP contribution in [0.5, 0.6) is 5.75 Å². The number of pyridine rings is 1. The first-order valence-electron chi connectivity index (χ1n) is 10.0. The molecule has 0 radical (unpaired) electrons. The highest BCUT2D eigenvalue weighted by Crippen LogP contribution is 2.48. The summed E-state index contributed by atoms with van der Waals surface area (Å²) in [6, 6.07) is 8.95. The summed E-state index contributed by atoms with van der Waals surface area (Å²) in [5, 5.41) is 0. The summed E-state index contributed by atoms with van der Waals surface area (Å²) in [5.74, 6) is 1.28. The Balaban J connectivity index is 1.53. The van der Waals surface area contributed by atoms with Gasteiger partial charge in [-0.3, -0.25) is 4.98 Å². The van der Waals surface area contributed by atoms with Gasteiger partial charge in [0.1, 0.15) is 5.75 Å². The molecule has 0 amide bonds. The predicted octanol–water partition coefficient (Wildman–Crippen LogP) is 2.76. The lowest BCUT2D eigenvalue weighted by molar-refractivity contribution is -0.0507. The zero-order chi connectivity index (χ0) is 21.6. The Morgan fingerprint density at radius 1 is 1.13 bits per heavy atom. The van der Waals surface area contributed by atoms with Gasteiger partial charge in [0.15, 0.2) is 9.84 Å². The van der Waals surface area contributed by atoms with E-state index in [0.29, 0.717) is 42.0 Å². The van der Waals surface area contributed by atoms with E-state index in [0.717, 1.165) is 16.8 Å². The summed E-state index contributed by atoms with van der Waals surface area (Å²) in [5.41, 5.74) is 3.24. The minimum atomic E-state index is -3.32. The molecule has 2 aliphatic heterocycles. The first kappa shape index (κ1) is 19.9. The minimum absolute atomic E-state index is 0.0543. The summed E-state index contributed by atoms with van der Waals surface area (Å²) in [4.78, 5) is 15.8. The van der Waals surface area contributed by atoms with Gasteiger partial charge in [0.25, 0.3) is 0 Å². The van der Waals surface area contributed by atoms with Crippen LogP contribution in [0.3, 0.4) is 0 Å². The molecule has 2 aliphatic rings. The molecule has 0 saturated carbocycles. The molecule has 160 valence electrons. The summed E-state index contributed by atoms with van der Waals surface area (Å²) < 4.78 is 35.7. The van der Waals surface area contributed by atoms with E-state index >= 15 is 0 Å². The molecule has 1 saturated heterocycles. The fourth-order valence-electron chi connectivity index (χ4n) is 4.08. The summed E-state index contributed by atoms with van der Waals surface area (Å²) >= 11 is 0. The third kappa shape index (κ3) is 3.24. The molecule has 4 heterocycles. The molecule has 8 nitrogen and oxygen atoms in total. The molecule has 1 aromatic carbocycles. The summed E-state index contributed by atoms with van der Waals surface area (Å²) in [7, 11) is -1.71. The summed E-state index contributed by atoms with van der Waals surface area (Å²) in [6.07, 6.45) is 5.12. The van der Waals surface area contributed by atoms with Gasteiger partial charge in [-0.2, -0.15) is 0 Å². The van der Waals surface area contributed by atoms with Crippen LogP contribution in [-0.2, 0) is 20.0 Å². The second-order valence-corrected chi connectivity index (χ2v) is 10.1. The second kappa shape index (κ2) is 7.28. The number of anilines is 2. The number of rotatable bonds is 5. The van der Waals surface area contributed by atoms with Crippen molar-refractivity contribution < 1.29 is 17.9 Å². The molecule has 5 rings (SSSR count). The van der Waals surface area contributed by atoms with Gasteiger partial charge in [-0.05, 0) is 23.8 Å². The van der Waals surface area contributed by atoms with Gasteiger partial charge in [0.2, 0.25) is 5.95 Å². The number of methoxy groups -OCH3 is 1. The lowest BCUT2D eigenvalue weighted by Gasteiger charge is -2.38. The largest absolute Gasteiger partial charge is 0.497 e. The van der Waals surface area contributed by atoms with Gasteiger partial charge in [-0.25, -0.2) is 18.4 Å². The normalized spacial score (nSPS) is 16.8. The van der Waals surface area contributed by atoms with Crippen molar-refractivity contribution in [3.8, 4) is 17.0 Å². The molecule has 9 heteroatoms. The van der Waals surface area contributed by atoms with Crippen LogP contribution < -0.4 is 9.64 Å². The van der Waals surface area contributed by atoms with Gasteiger partial charge >= 0.3 is 0 Å². The molecule has 1 fully saturated rings. The maximum Gasteiger partial charge on any atom is 0.229 e. The molecular weight excluding hydrogens is 416 g/mol. The number of aromatic nitrogens is 3. The molecule has 0 atom stereocenters. The van der Waals surface area contributed by atoms with E-state index in [1.807, 2.05) is 17.0 Å². The number of fused-ring (bicyclic) bond motifs is 2. The Bertz CT molecular complexity index is 1240. The van der Waals surface area contributed by atoms with Gasteiger partial charge < -0.3 is 14.4 Å². The predicted molar refractivity (Wildman–Crippen MR) is 115 cm³/mol. The van der Waals surface area contributed by atoms with Crippen LogP contribution in [-0.4, -0.2) is 56.0 Å². The first-order valence-corrected chi connectivity index (χ1v) is 11.7. The first-order chi connectivity index (χ1) is 15.0. The van der Waals surface area contributed by atoms with Crippen molar-refractivity contribution in [1.29, 1.82) is 0 Å². The number of benzene rings is 1. The second-order valence-electron chi connectivity index (χ2n) is 7.79. The minimum Gasteiger partial charge on any atom is -0.497 e. The van der Waals surface area contributed by atoms with Crippen LogP contribution in [0.4, 0.5) is 11.6 Å². The molecule has 0 aliphatic carbocycles. The van der Waals surface area contributed by atoms with E-state index in [-0.39, 0.29) is 11.2 Å². The number of hydrogen-bond donors (Lipinski definition) is 0. The number of nitrogens with zero attached hydrogens (tertiary/aromatic N) is 4. The Labute approximate surface area is 180 Å². The zero-order valence-electron chi connectivity index (χ0n) is 17.3. The van der Waals surface area contributed by atoms with Crippen molar-refractivity contribution in [2.24, 2.45) is 0 Å². The standard InChI is InChI=1S/C22H22N4O4S/c1-3-31(27,28)17-4-5-18-20(9-17)26(12-22(18)13-30-14-22)21-24-10-15(11-25-21)19-8-16(29-2)6-7-23-19/h4-11H,3,12-14H2,1-2H3. The van der Waals surface area contributed by atoms with Crippen molar-refractivity contribution in [1.82, 2.24) is 15.0 Å². The highest BCUT2D eigenvalue weighted by molar-refractivity contribution is 7.91. The number of sulfone groups is 1. The number of ether oxygens (including phenoxy) is 2. The SMILES string of the molecule is CCS(=O)(=O)c1ccc2c(c1)N(c1ncc(-c3cc(OC)ccn3)cn1)CC21COC1.